The van der Waals surface area contributed by atoms with Crippen LogP contribution in [0.25, 0.3) is 0 Å². The van der Waals surface area contributed by atoms with Crippen LogP contribution in [0.3, 0.4) is 0 Å². The van der Waals surface area contributed by atoms with Crippen molar-refractivity contribution >= 4 is 5.78 Å². The van der Waals surface area contributed by atoms with Crippen molar-refractivity contribution in [2.24, 2.45) is 5.92 Å². The van der Waals surface area contributed by atoms with Gasteiger partial charge in [-0.2, -0.15) is 0 Å². The third kappa shape index (κ3) is 1.95. The van der Waals surface area contributed by atoms with Gasteiger partial charge in [-0.1, -0.05) is 37.3 Å². The highest BCUT2D eigenvalue weighted by atomic mass is 16.3. The summed E-state index contributed by atoms with van der Waals surface area (Å²) in [5.74, 6) is 0.0949. The first-order valence-corrected chi connectivity index (χ1v) is 5.46. The van der Waals surface area contributed by atoms with Crippen LogP contribution in [0.5, 0.6) is 0 Å². The van der Waals surface area contributed by atoms with Crippen molar-refractivity contribution in [2.75, 3.05) is 0 Å². The van der Waals surface area contributed by atoms with Crippen LogP contribution in [0, 0.1) is 5.92 Å². The highest BCUT2D eigenvalue weighted by molar-refractivity contribution is 5.82. The van der Waals surface area contributed by atoms with Crippen molar-refractivity contribution in [1.82, 2.24) is 0 Å². The van der Waals surface area contributed by atoms with Crippen LogP contribution < -0.4 is 0 Å². The lowest BCUT2D eigenvalue weighted by molar-refractivity contribution is -0.129. The average Bonchev–Trinajstić information content (AvgIpc) is 2.27. The Balaban J connectivity index is 2.21. The second-order valence-electron chi connectivity index (χ2n) is 4.30. The van der Waals surface area contributed by atoms with Crippen LogP contribution in [-0.2, 0) is 4.79 Å². The maximum absolute atomic E-state index is 11.4. The van der Waals surface area contributed by atoms with Crippen LogP contribution in [0.15, 0.2) is 30.3 Å². The summed E-state index contributed by atoms with van der Waals surface area (Å²) in [6.07, 6.45) is 0.847. The third-order valence-electron chi connectivity index (χ3n) is 3.36. The molecule has 80 valence electrons. The molecule has 0 amide bonds. The van der Waals surface area contributed by atoms with Gasteiger partial charge < -0.3 is 5.11 Å². The second-order valence-corrected chi connectivity index (χ2v) is 4.30. The molecule has 1 aromatic rings. The van der Waals surface area contributed by atoms with Gasteiger partial charge in [0.15, 0.2) is 0 Å². The fourth-order valence-corrected chi connectivity index (χ4v) is 2.30. The van der Waals surface area contributed by atoms with Crippen LogP contribution >= 0.6 is 0 Å². The van der Waals surface area contributed by atoms with Gasteiger partial charge in [-0.15, -0.1) is 0 Å². The Morgan fingerprint density at radius 3 is 2.60 bits per heavy atom. The maximum atomic E-state index is 11.4. The Morgan fingerprint density at radius 1 is 1.27 bits per heavy atom. The molecular weight excluding hydrogens is 188 g/mol. The van der Waals surface area contributed by atoms with Crippen molar-refractivity contribution in [1.29, 1.82) is 0 Å². The van der Waals surface area contributed by atoms with Crippen LogP contribution in [-0.4, -0.2) is 17.0 Å². The molecule has 0 heterocycles. The molecule has 0 spiro atoms. The number of aliphatic hydroxyl groups is 1. The molecule has 0 radical (unpaired) electrons. The summed E-state index contributed by atoms with van der Waals surface area (Å²) in [4.78, 5) is 11.4. The predicted octanol–water partition coefficient (Wildman–Crippen LogP) is 2.13. The Morgan fingerprint density at radius 2 is 1.93 bits per heavy atom. The summed E-state index contributed by atoms with van der Waals surface area (Å²) < 4.78 is 0. The molecule has 2 nitrogen and oxygen atoms in total. The van der Waals surface area contributed by atoms with E-state index in [9.17, 15) is 9.90 Å². The molecule has 2 rings (SSSR count). The van der Waals surface area contributed by atoms with Crippen molar-refractivity contribution in [2.45, 2.75) is 31.8 Å². The van der Waals surface area contributed by atoms with Crippen molar-refractivity contribution in [3.05, 3.63) is 35.9 Å². The Kier molecular flexibility index (Phi) is 2.87. The number of aliphatic hydroxyl groups excluding tert-OH is 1. The normalized spacial score (nSPS) is 31.6. The number of carbonyl (C=O) groups excluding carboxylic acids is 1. The number of Topliss-reactive ketones (excluding diaryl/α,β-unsaturated/α-hetero) is 1. The summed E-state index contributed by atoms with van der Waals surface area (Å²) in [6.45, 7) is 1.82. The van der Waals surface area contributed by atoms with E-state index in [1.807, 2.05) is 37.3 Å². The van der Waals surface area contributed by atoms with Gasteiger partial charge in [-0.05, 0) is 12.0 Å². The summed E-state index contributed by atoms with van der Waals surface area (Å²) in [5.41, 5.74) is 1.14. The first-order valence-electron chi connectivity index (χ1n) is 5.46. The lowest BCUT2D eigenvalue weighted by atomic mass is 9.75. The molecule has 0 bridgehead atoms. The quantitative estimate of drug-likeness (QED) is 0.761. The van der Waals surface area contributed by atoms with Gasteiger partial charge in [0.1, 0.15) is 5.78 Å². The molecular formula is C13H16O2. The van der Waals surface area contributed by atoms with Gasteiger partial charge in [0.05, 0.1) is 6.10 Å². The molecule has 0 aliphatic heterocycles. The fraction of sp³-hybridized carbons (Fsp3) is 0.462. The molecule has 1 N–H and O–H groups in total. The van der Waals surface area contributed by atoms with Gasteiger partial charge in [-0.25, -0.2) is 0 Å². The standard InChI is InChI=1S/C13H16O2/c1-9-12(14)8-7-11(13(9)15)10-5-3-2-4-6-10/h2-6,9,11,13,15H,7-8H2,1H3. The van der Waals surface area contributed by atoms with Crippen molar-refractivity contribution in [3.8, 4) is 0 Å². The molecule has 3 atom stereocenters. The first-order chi connectivity index (χ1) is 7.20. The SMILES string of the molecule is CC1C(=O)CCC(c2ccccc2)C1O. The molecule has 2 heteroatoms. The number of benzene rings is 1. The molecule has 1 fully saturated rings. The average molecular weight is 204 g/mol. The summed E-state index contributed by atoms with van der Waals surface area (Å²) >= 11 is 0. The van der Waals surface area contributed by atoms with Crippen LogP contribution in [0.1, 0.15) is 31.2 Å². The molecule has 1 aliphatic rings. The summed E-state index contributed by atoms with van der Waals surface area (Å²) in [5, 5.41) is 10.0. The molecule has 0 aromatic heterocycles. The number of hydrogen-bond donors (Lipinski definition) is 1. The van der Waals surface area contributed by atoms with E-state index in [0.29, 0.717) is 6.42 Å². The van der Waals surface area contributed by atoms with Crippen molar-refractivity contribution in [3.63, 3.8) is 0 Å². The number of carbonyl (C=O) groups is 1. The third-order valence-corrected chi connectivity index (χ3v) is 3.36. The zero-order valence-corrected chi connectivity index (χ0v) is 8.89. The monoisotopic (exact) mass is 204 g/mol. The van der Waals surface area contributed by atoms with Gasteiger partial charge in [0.25, 0.3) is 0 Å². The van der Waals surface area contributed by atoms with E-state index in [1.165, 1.54) is 0 Å². The van der Waals surface area contributed by atoms with E-state index >= 15 is 0 Å². The van der Waals surface area contributed by atoms with Crippen LogP contribution in [0.4, 0.5) is 0 Å². The van der Waals surface area contributed by atoms with Crippen LogP contribution in [0.2, 0.25) is 0 Å². The second kappa shape index (κ2) is 4.15. The van der Waals surface area contributed by atoms with E-state index in [0.717, 1.165) is 12.0 Å². The molecule has 1 aliphatic carbocycles. The van der Waals surface area contributed by atoms with Crippen molar-refractivity contribution < 1.29 is 9.90 Å². The van der Waals surface area contributed by atoms with E-state index in [-0.39, 0.29) is 17.6 Å². The zero-order valence-electron chi connectivity index (χ0n) is 8.89. The molecule has 1 saturated carbocycles. The predicted molar refractivity (Wildman–Crippen MR) is 58.6 cm³/mol. The summed E-state index contributed by atoms with van der Waals surface area (Å²) in [7, 11) is 0. The van der Waals surface area contributed by atoms with Gasteiger partial charge in [0.2, 0.25) is 0 Å². The zero-order chi connectivity index (χ0) is 10.8. The van der Waals surface area contributed by atoms with Gasteiger partial charge in [-0.3, -0.25) is 4.79 Å². The fourth-order valence-electron chi connectivity index (χ4n) is 2.30. The Bertz CT molecular complexity index is 345. The van der Waals surface area contributed by atoms with E-state index in [2.05, 4.69) is 0 Å². The molecule has 3 unspecified atom stereocenters. The van der Waals surface area contributed by atoms with E-state index in [1.54, 1.807) is 0 Å². The highest BCUT2D eigenvalue weighted by Crippen LogP contribution is 2.34. The highest BCUT2D eigenvalue weighted by Gasteiger charge is 2.34. The Hall–Kier alpha value is -1.15. The molecule has 15 heavy (non-hydrogen) atoms. The minimum atomic E-state index is -0.520. The van der Waals surface area contributed by atoms with Gasteiger partial charge in [0, 0.05) is 18.3 Å². The smallest absolute Gasteiger partial charge is 0.138 e. The number of rotatable bonds is 1. The molecule has 1 aromatic carbocycles. The van der Waals surface area contributed by atoms with E-state index < -0.39 is 6.10 Å². The number of hydrogen-bond acceptors (Lipinski definition) is 2. The van der Waals surface area contributed by atoms with Gasteiger partial charge >= 0.3 is 0 Å². The maximum Gasteiger partial charge on any atom is 0.138 e. The minimum Gasteiger partial charge on any atom is -0.392 e. The number of ketones is 1. The lowest BCUT2D eigenvalue weighted by Gasteiger charge is -2.32. The lowest BCUT2D eigenvalue weighted by Crippen LogP contribution is -2.36. The topological polar surface area (TPSA) is 37.3 Å². The minimum absolute atomic E-state index is 0.124. The summed E-state index contributed by atoms with van der Waals surface area (Å²) in [6, 6.07) is 9.96. The Labute approximate surface area is 89.9 Å². The van der Waals surface area contributed by atoms with E-state index in [4.69, 9.17) is 0 Å². The molecule has 0 saturated heterocycles. The largest absolute Gasteiger partial charge is 0.392 e. The first kappa shape index (κ1) is 10.4.